The third kappa shape index (κ3) is 5.59. The zero-order chi connectivity index (χ0) is 14.0. The van der Waals surface area contributed by atoms with E-state index in [0.717, 1.165) is 25.6 Å². The van der Waals surface area contributed by atoms with Crippen LogP contribution in [0.5, 0.6) is 0 Å². The fourth-order valence-corrected chi connectivity index (χ4v) is 3.06. The highest BCUT2D eigenvalue weighted by Gasteiger charge is 2.16. The normalized spacial score (nSPS) is 16.7. The summed E-state index contributed by atoms with van der Waals surface area (Å²) in [5, 5.41) is 3.54. The first-order valence-electron chi connectivity index (χ1n) is 8.16. The monoisotopic (exact) mass is 275 g/mol. The maximum atomic E-state index is 4.14. The fraction of sp³-hybridized carbons (Fsp3) is 0.706. The Bertz CT molecular complexity index is 347. The van der Waals surface area contributed by atoms with Crippen molar-refractivity contribution in [2.45, 2.75) is 51.0 Å². The van der Waals surface area contributed by atoms with Crippen molar-refractivity contribution in [3.05, 3.63) is 30.1 Å². The predicted octanol–water partition coefficient (Wildman–Crippen LogP) is 2.87. The summed E-state index contributed by atoms with van der Waals surface area (Å²) in [6.45, 7) is 3.40. The predicted molar refractivity (Wildman–Crippen MR) is 84.9 cm³/mol. The van der Waals surface area contributed by atoms with Crippen molar-refractivity contribution in [2.24, 2.45) is 0 Å². The van der Waals surface area contributed by atoms with Gasteiger partial charge in [0.15, 0.2) is 0 Å². The number of nitrogens with zero attached hydrogens (tertiary/aromatic N) is 2. The summed E-state index contributed by atoms with van der Waals surface area (Å²) in [6, 6.07) is 5.00. The lowest BCUT2D eigenvalue weighted by atomic mass is 9.94. The van der Waals surface area contributed by atoms with Gasteiger partial charge >= 0.3 is 0 Å². The van der Waals surface area contributed by atoms with Crippen LogP contribution in [-0.4, -0.2) is 42.6 Å². The summed E-state index contributed by atoms with van der Waals surface area (Å²) in [5.41, 5.74) is 1.32. The molecule has 1 heterocycles. The van der Waals surface area contributed by atoms with Crippen LogP contribution in [0.4, 0.5) is 0 Å². The first-order valence-corrected chi connectivity index (χ1v) is 8.16. The van der Waals surface area contributed by atoms with Crippen molar-refractivity contribution in [3.8, 4) is 0 Å². The van der Waals surface area contributed by atoms with Crippen LogP contribution in [0, 0.1) is 0 Å². The molecule has 0 radical (unpaired) electrons. The number of hydrogen-bond acceptors (Lipinski definition) is 3. The van der Waals surface area contributed by atoms with E-state index in [1.807, 2.05) is 18.5 Å². The Morgan fingerprint density at radius 3 is 2.85 bits per heavy atom. The highest BCUT2D eigenvalue weighted by Crippen LogP contribution is 2.21. The number of hydrogen-bond donors (Lipinski definition) is 1. The Morgan fingerprint density at radius 1 is 1.25 bits per heavy atom. The zero-order valence-electron chi connectivity index (χ0n) is 12.9. The molecule has 0 aliphatic heterocycles. The summed E-state index contributed by atoms with van der Waals surface area (Å²) < 4.78 is 0. The molecule has 2 rings (SSSR count). The molecule has 0 saturated heterocycles. The van der Waals surface area contributed by atoms with Gasteiger partial charge in [-0.2, -0.15) is 0 Å². The Kier molecular flexibility index (Phi) is 7.02. The minimum Gasteiger partial charge on any atom is -0.316 e. The smallest absolute Gasteiger partial charge is 0.0300 e. The third-order valence-corrected chi connectivity index (χ3v) is 4.38. The lowest BCUT2D eigenvalue weighted by molar-refractivity contribution is 0.189. The van der Waals surface area contributed by atoms with Gasteiger partial charge in [0.05, 0.1) is 0 Å². The molecular weight excluding hydrogens is 246 g/mol. The minimum absolute atomic E-state index is 0.846. The van der Waals surface area contributed by atoms with Crippen LogP contribution in [0.1, 0.15) is 44.1 Å². The zero-order valence-corrected chi connectivity index (χ0v) is 12.9. The number of rotatable bonds is 8. The van der Waals surface area contributed by atoms with Crippen LogP contribution in [0.15, 0.2) is 24.5 Å². The van der Waals surface area contributed by atoms with E-state index in [-0.39, 0.29) is 0 Å². The lowest BCUT2D eigenvalue weighted by Crippen LogP contribution is -2.35. The van der Waals surface area contributed by atoms with Gasteiger partial charge in [-0.25, -0.2) is 0 Å². The van der Waals surface area contributed by atoms with E-state index < -0.39 is 0 Å². The third-order valence-electron chi connectivity index (χ3n) is 4.38. The van der Waals surface area contributed by atoms with Crippen molar-refractivity contribution in [3.63, 3.8) is 0 Å². The molecule has 112 valence electrons. The summed E-state index contributed by atoms with van der Waals surface area (Å²) in [7, 11) is 2.30. The summed E-state index contributed by atoms with van der Waals surface area (Å²) in [6.07, 6.45) is 13.2. The first-order chi connectivity index (χ1) is 9.86. The van der Waals surface area contributed by atoms with E-state index in [1.165, 1.54) is 50.6 Å². The largest absolute Gasteiger partial charge is 0.316 e. The van der Waals surface area contributed by atoms with Gasteiger partial charge in [-0.15, -0.1) is 0 Å². The van der Waals surface area contributed by atoms with E-state index in [1.54, 1.807) is 0 Å². The number of nitrogens with one attached hydrogen (secondary N) is 1. The summed E-state index contributed by atoms with van der Waals surface area (Å²) in [4.78, 5) is 6.71. The Morgan fingerprint density at radius 2 is 2.10 bits per heavy atom. The molecule has 1 aliphatic carbocycles. The van der Waals surface area contributed by atoms with Crippen LogP contribution in [0.3, 0.4) is 0 Å². The molecule has 3 nitrogen and oxygen atoms in total. The van der Waals surface area contributed by atoms with Crippen molar-refractivity contribution in [2.75, 3.05) is 26.7 Å². The maximum absolute atomic E-state index is 4.14. The van der Waals surface area contributed by atoms with Gasteiger partial charge in [0, 0.05) is 18.4 Å². The molecule has 0 atom stereocenters. The molecule has 3 heteroatoms. The average Bonchev–Trinajstić information content (AvgIpc) is 2.52. The standard InChI is InChI=1S/C17H29N3/c1-20(17-8-3-2-4-9-17)14-6-12-18-13-10-16-7-5-11-19-15-16/h5,7,11,15,17-18H,2-4,6,8-10,12-14H2,1H3. The van der Waals surface area contributed by atoms with Crippen molar-refractivity contribution in [1.29, 1.82) is 0 Å². The molecule has 1 aliphatic rings. The molecule has 0 unspecified atom stereocenters. The molecule has 20 heavy (non-hydrogen) atoms. The van der Waals surface area contributed by atoms with Gasteiger partial charge in [0.25, 0.3) is 0 Å². The van der Waals surface area contributed by atoms with Crippen LogP contribution < -0.4 is 5.32 Å². The second kappa shape index (κ2) is 9.09. The van der Waals surface area contributed by atoms with E-state index in [9.17, 15) is 0 Å². The number of aromatic nitrogens is 1. The van der Waals surface area contributed by atoms with Gasteiger partial charge in [0.1, 0.15) is 0 Å². The molecule has 0 spiro atoms. The van der Waals surface area contributed by atoms with Gasteiger partial charge in [-0.3, -0.25) is 4.98 Å². The van der Waals surface area contributed by atoms with E-state index in [0.29, 0.717) is 0 Å². The van der Waals surface area contributed by atoms with Gasteiger partial charge in [-0.05, 0) is 64.0 Å². The summed E-state index contributed by atoms with van der Waals surface area (Å²) in [5.74, 6) is 0. The molecule has 0 bridgehead atoms. The fourth-order valence-electron chi connectivity index (χ4n) is 3.06. The molecule has 0 amide bonds. The highest BCUT2D eigenvalue weighted by molar-refractivity contribution is 5.08. The second-order valence-corrected chi connectivity index (χ2v) is 5.99. The van der Waals surface area contributed by atoms with Crippen LogP contribution in [0.25, 0.3) is 0 Å². The van der Waals surface area contributed by atoms with Gasteiger partial charge in [-0.1, -0.05) is 25.3 Å². The van der Waals surface area contributed by atoms with Gasteiger partial charge in [0.2, 0.25) is 0 Å². The van der Waals surface area contributed by atoms with Crippen LogP contribution in [0.2, 0.25) is 0 Å². The lowest BCUT2D eigenvalue weighted by Gasteiger charge is -2.31. The Hall–Kier alpha value is -0.930. The quantitative estimate of drug-likeness (QED) is 0.739. The highest BCUT2D eigenvalue weighted by atomic mass is 15.1. The number of pyridine rings is 1. The van der Waals surface area contributed by atoms with E-state index in [4.69, 9.17) is 0 Å². The summed E-state index contributed by atoms with van der Waals surface area (Å²) >= 11 is 0. The molecular formula is C17H29N3. The maximum Gasteiger partial charge on any atom is 0.0300 e. The molecule has 0 aromatic carbocycles. The van der Waals surface area contributed by atoms with Crippen molar-refractivity contribution in [1.82, 2.24) is 15.2 Å². The molecule has 1 aromatic rings. The van der Waals surface area contributed by atoms with Crippen LogP contribution >= 0.6 is 0 Å². The first kappa shape index (κ1) is 15.5. The van der Waals surface area contributed by atoms with E-state index in [2.05, 4.69) is 28.3 Å². The Labute approximate surface area is 123 Å². The molecule has 1 saturated carbocycles. The van der Waals surface area contributed by atoms with Gasteiger partial charge < -0.3 is 10.2 Å². The van der Waals surface area contributed by atoms with Crippen molar-refractivity contribution < 1.29 is 0 Å². The Balaban J connectivity index is 1.49. The van der Waals surface area contributed by atoms with E-state index >= 15 is 0 Å². The van der Waals surface area contributed by atoms with Crippen molar-refractivity contribution >= 4 is 0 Å². The second-order valence-electron chi connectivity index (χ2n) is 5.99. The van der Waals surface area contributed by atoms with Crippen LogP contribution in [-0.2, 0) is 6.42 Å². The topological polar surface area (TPSA) is 28.2 Å². The molecule has 1 N–H and O–H groups in total. The molecule has 1 aromatic heterocycles. The average molecular weight is 275 g/mol. The molecule has 1 fully saturated rings. The minimum atomic E-state index is 0.846. The SMILES string of the molecule is CN(CCCNCCc1cccnc1)C1CCCCC1.